The molecule has 0 bridgehead atoms. The number of nitrogens with one attached hydrogen (secondary N) is 1. The molecule has 1 saturated heterocycles. The Labute approximate surface area is 138 Å². The Hall–Kier alpha value is -1.43. The van der Waals surface area contributed by atoms with E-state index in [0.29, 0.717) is 12.0 Å². The lowest BCUT2D eigenvalue weighted by Crippen LogP contribution is -2.36. The minimum atomic E-state index is -0.702. The van der Waals surface area contributed by atoms with Gasteiger partial charge in [0.2, 0.25) is 0 Å². The molecule has 1 aromatic rings. The highest BCUT2D eigenvalue weighted by Crippen LogP contribution is 2.17. The van der Waals surface area contributed by atoms with Crippen LogP contribution in [0.15, 0.2) is 24.3 Å². The van der Waals surface area contributed by atoms with Gasteiger partial charge < -0.3 is 15.5 Å². The molecule has 0 unspecified atom stereocenters. The maximum Gasteiger partial charge on any atom is 0.251 e. The highest BCUT2D eigenvalue weighted by molar-refractivity contribution is 5.94. The number of carbonyl (C=O) groups excluding carboxylic acids is 1. The molecule has 0 spiro atoms. The van der Waals surface area contributed by atoms with Gasteiger partial charge in [-0.25, -0.2) is 0 Å². The van der Waals surface area contributed by atoms with E-state index in [1.165, 1.54) is 0 Å². The highest BCUT2D eigenvalue weighted by atomic mass is 16.3. The predicted molar refractivity (Wildman–Crippen MR) is 90.4 cm³/mol. The highest BCUT2D eigenvalue weighted by Gasteiger charge is 2.29. The summed E-state index contributed by atoms with van der Waals surface area (Å²) in [5, 5.41) is 22.2. The summed E-state index contributed by atoms with van der Waals surface area (Å²) in [5.41, 5.74) is 0.997. The van der Waals surface area contributed by atoms with Gasteiger partial charge in [-0.3, -0.25) is 9.69 Å². The molecule has 1 fully saturated rings. The van der Waals surface area contributed by atoms with E-state index in [0.717, 1.165) is 24.9 Å². The summed E-state index contributed by atoms with van der Waals surface area (Å²) < 4.78 is 0. The number of aryl methyl sites for hydroxylation is 1. The van der Waals surface area contributed by atoms with Crippen LogP contribution in [0.1, 0.15) is 42.6 Å². The van der Waals surface area contributed by atoms with Gasteiger partial charge in [-0.2, -0.15) is 0 Å². The first kappa shape index (κ1) is 17.9. The van der Waals surface area contributed by atoms with E-state index in [1.807, 2.05) is 31.3 Å². The van der Waals surface area contributed by atoms with E-state index >= 15 is 0 Å². The van der Waals surface area contributed by atoms with Crippen LogP contribution in [0.4, 0.5) is 0 Å². The van der Waals surface area contributed by atoms with Crippen LogP contribution in [-0.4, -0.2) is 58.9 Å². The van der Waals surface area contributed by atoms with Crippen molar-refractivity contribution in [2.75, 3.05) is 20.2 Å². The fraction of sp³-hybridized carbons (Fsp3) is 0.611. The van der Waals surface area contributed by atoms with Crippen LogP contribution < -0.4 is 5.32 Å². The first-order valence-electron chi connectivity index (χ1n) is 8.22. The molecule has 0 aliphatic carbocycles. The number of amides is 1. The molecular weight excluding hydrogens is 292 g/mol. The lowest BCUT2D eigenvalue weighted by molar-refractivity contribution is 0.0714. The van der Waals surface area contributed by atoms with Crippen molar-refractivity contribution in [2.45, 2.75) is 50.8 Å². The summed E-state index contributed by atoms with van der Waals surface area (Å²) in [5.74, 6) is -0.0768. The number of aliphatic hydroxyl groups excluding tert-OH is 1. The largest absolute Gasteiger partial charge is 0.395 e. The second-order valence-electron chi connectivity index (χ2n) is 7.19. The Morgan fingerprint density at radius 2 is 2.17 bits per heavy atom. The number of likely N-dealkylation sites (N-methyl/N-ethyl adjacent to an activating group) is 1. The summed E-state index contributed by atoms with van der Waals surface area (Å²) in [6.07, 6.45) is 2.17. The van der Waals surface area contributed by atoms with E-state index in [9.17, 15) is 15.0 Å². The predicted octanol–water partition coefficient (Wildman–Crippen LogP) is 1.18. The van der Waals surface area contributed by atoms with Crippen LogP contribution in [0.2, 0.25) is 0 Å². The van der Waals surface area contributed by atoms with Crippen molar-refractivity contribution in [3.8, 4) is 0 Å². The van der Waals surface area contributed by atoms with Gasteiger partial charge in [0.05, 0.1) is 12.2 Å². The lowest BCUT2D eigenvalue weighted by atomic mass is 9.98. The van der Waals surface area contributed by atoms with Crippen LogP contribution in [0, 0.1) is 0 Å². The van der Waals surface area contributed by atoms with Crippen LogP contribution in [-0.2, 0) is 6.42 Å². The number of aliphatic hydroxyl groups is 2. The van der Waals surface area contributed by atoms with E-state index in [-0.39, 0.29) is 24.6 Å². The zero-order valence-electron chi connectivity index (χ0n) is 14.2. The molecule has 5 nitrogen and oxygen atoms in total. The molecule has 128 valence electrons. The third-order valence-electron chi connectivity index (χ3n) is 4.45. The average Bonchev–Trinajstić information content (AvgIpc) is 2.84. The first-order valence-corrected chi connectivity index (χ1v) is 8.22. The zero-order chi connectivity index (χ0) is 17.0. The molecule has 1 heterocycles. The van der Waals surface area contributed by atoms with E-state index in [1.54, 1.807) is 13.8 Å². The number of likely N-dealkylation sites (tertiary alicyclic amines) is 1. The second-order valence-corrected chi connectivity index (χ2v) is 7.19. The number of nitrogens with zero attached hydrogens (tertiary/aromatic N) is 1. The van der Waals surface area contributed by atoms with Gasteiger partial charge in [0.15, 0.2) is 0 Å². The molecule has 5 heteroatoms. The van der Waals surface area contributed by atoms with Gasteiger partial charge in [-0.1, -0.05) is 12.1 Å². The minimum absolute atomic E-state index is 0.0738. The number of rotatable bonds is 6. The van der Waals surface area contributed by atoms with Crippen molar-refractivity contribution < 1.29 is 15.0 Å². The van der Waals surface area contributed by atoms with Crippen LogP contribution in [0.3, 0.4) is 0 Å². The fourth-order valence-electron chi connectivity index (χ4n) is 2.99. The quantitative estimate of drug-likeness (QED) is 0.736. The monoisotopic (exact) mass is 320 g/mol. The van der Waals surface area contributed by atoms with Gasteiger partial charge in [0.25, 0.3) is 5.91 Å². The lowest BCUT2D eigenvalue weighted by Gasteiger charge is -2.17. The van der Waals surface area contributed by atoms with E-state index < -0.39 is 5.60 Å². The summed E-state index contributed by atoms with van der Waals surface area (Å²) in [4.78, 5) is 14.5. The Bertz CT molecular complexity index is 539. The normalized spacial score (nSPS) is 22.3. The van der Waals surface area contributed by atoms with Crippen LogP contribution >= 0.6 is 0 Å². The topological polar surface area (TPSA) is 72.8 Å². The molecule has 1 aromatic carbocycles. The summed E-state index contributed by atoms with van der Waals surface area (Å²) in [6, 6.07) is 7.76. The van der Waals surface area contributed by atoms with Gasteiger partial charge >= 0.3 is 0 Å². The molecule has 2 rings (SSSR count). The molecule has 0 saturated carbocycles. The first-order chi connectivity index (χ1) is 10.8. The van der Waals surface area contributed by atoms with Crippen molar-refractivity contribution in [3.05, 3.63) is 35.4 Å². The van der Waals surface area contributed by atoms with Crippen molar-refractivity contribution in [2.24, 2.45) is 0 Å². The van der Waals surface area contributed by atoms with Crippen molar-refractivity contribution >= 4 is 5.91 Å². The summed E-state index contributed by atoms with van der Waals surface area (Å²) in [7, 11) is 1.96. The Morgan fingerprint density at radius 1 is 1.43 bits per heavy atom. The van der Waals surface area contributed by atoms with Gasteiger partial charge in [-0.15, -0.1) is 0 Å². The summed E-state index contributed by atoms with van der Waals surface area (Å²) in [6.45, 7) is 4.46. The Kier molecular flexibility index (Phi) is 5.79. The Balaban J connectivity index is 1.95. The molecule has 23 heavy (non-hydrogen) atoms. The minimum Gasteiger partial charge on any atom is -0.395 e. The molecule has 0 radical (unpaired) electrons. The standard InChI is InChI=1S/C18H28N2O3/c1-18(2,23)8-7-13-5-4-6-14(9-13)17(22)19-15-10-16(12-21)20(3)11-15/h4-6,9,15-16,21,23H,7-8,10-12H2,1-3H3,(H,19,22)/t15-,16+/m1/s1. The van der Waals surface area contributed by atoms with Gasteiger partial charge in [0.1, 0.15) is 0 Å². The maximum atomic E-state index is 12.4. The molecule has 1 aliphatic heterocycles. The molecule has 3 N–H and O–H groups in total. The van der Waals surface area contributed by atoms with Crippen molar-refractivity contribution in [3.63, 3.8) is 0 Å². The third kappa shape index (κ3) is 5.30. The number of hydrogen-bond donors (Lipinski definition) is 3. The third-order valence-corrected chi connectivity index (χ3v) is 4.45. The summed E-state index contributed by atoms with van der Waals surface area (Å²) >= 11 is 0. The molecule has 2 atom stereocenters. The second kappa shape index (κ2) is 7.43. The van der Waals surface area contributed by atoms with Gasteiger partial charge in [-0.05, 0) is 57.9 Å². The maximum absolute atomic E-state index is 12.4. The van der Waals surface area contributed by atoms with Crippen LogP contribution in [0.5, 0.6) is 0 Å². The molecular formula is C18H28N2O3. The van der Waals surface area contributed by atoms with Gasteiger partial charge in [0, 0.05) is 24.2 Å². The molecule has 0 aromatic heterocycles. The molecule has 1 aliphatic rings. The van der Waals surface area contributed by atoms with Crippen molar-refractivity contribution in [1.82, 2.24) is 10.2 Å². The SMILES string of the molecule is CN1C[C@H](NC(=O)c2cccc(CCC(C)(C)O)c2)C[C@H]1CO. The number of carbonyl (C=O) groups is 1. The number of hydrogen-bond acceptors (Lipinski definition) is 4. The smallest absolute Gasteiger partial charge is 0.251 e. The van der Waals surface area contributed by atoms with Crippen molar-refractivity contribution in [1.29, 1.82) is 0 Å². The zero-order valence-corrected chi connectivity index (χ0v) is 14.2. The fourth-order valence-corrected chi connectivity index (χ4v) is 2.99. The molecule has 1 amide bonds. The van der Waals surface area contributed by atoms with Crippen LogP contribution in [0.25, 0.3) is 0 Å². The average molecular weight is 320 g/mol. The van der Waals surface area contributed by atoms with E-state index in [4.69, 9.17) is 0 Å². The van der Waals surface area contributed by atoms with E-state index in [2.05, 4.69) is 10.2 Å². The Morgan fingerprint density at radius 3 is 2.78 bits per heavy atom. The number of benzene rings is 1.